The highest BCUT2D eigenvalue weighted by Crippen LogP contribution is 2.26. The van der Waals surface area contributed by atoms with E-state index >= 15 is 0 Å². The van der Waals surface area contributed by atoms with Gasteiger partial charge in [-0.1, -0.05) is 17.8 Å². The molecule has 0 bridgehead atoms. The molecule has 0 saturated heterocycles. The molecule has 1 rings (SSSR count). The summed E-state index contributed by atoms with van der Waals surface area (Å²) < 4.78 is 0. The van der Waals surface area contributed by atoms with E-state index in [0.29, 0.717) is 0 Å². The minimum atomic E-state index is -1.37. The lowest BCUT2D eigenvalue weighted by Gasteiger charge is -2.17. The molecule has 2 atom stereocenters. The Morgan fingerprint density at radius 2 is 2.20 bits per heavy atom. The van der Waals surface area contributed by atoms with Gasteiger partial charge in [0.25, 0.3) is 5.69 Å². The number of rotatable bonds is 5. The van der Waals surface area contributed by atoms with Gasteiger partial charge >= 0.3 is 0 Å². The van der Waals surface area contributed by atoms with Gasteiger partial charge in [-0.15, -0.1) is 0 Å². The Morgan fingerprint density at radius 1 is 1.55 bits per heavy atom. The number of nitro groups is 1. The van der Waals surface area contributed by atoms with Crippen molar-refractivity contribution in [2.45, 2.75) is 19.1 Å². The molecule has 7 nitrogen and oxygen atoms in total. The number of nitriles is 1. The molecule has 0 radical (unpaired) electrons. The van der Waals surface area contributed by atoms with Gasteiger partial charge in [-0.25, -0.2) is 0 Å². The fraction of sp³-hybridized carbons (Fsp3) is 0.333. The molecule has 0 aliphatic rings. The van der Waals surface area contributed by atoms with Crippen molar-refractivity contribution in [2.24, 2.45) is 0 Å². The molecule has 0 spiro atoms. The number of hydrogen-bond acceptors (Lipinski definition) is 7. The first-order chi connectivity index (χ1) is 9.36. The highest BCUT2D eigenvalue weighted by atomic mass is 32.2. The second kappa shape index (κ2) is 7.00. The molecule has 1 aromatic rings. The smallest absolute Gasteiger partial charge is 0.287 e. The van der Waals surface area contributed by atoms with Crippen LogP contribution in [0.4, 0.5) is 5.69 Å². The van der Waals surface area contributed by atoms with E-state index < -0.39 is 22.8 Å². The second-order valence-electron chi connectivity index (χ2n) is 3.96. The maximum Gasteiger partial charge on any atom is 0.287 e. The van der Waals surface area contributed by atoms with Crippen molar-refractivity contribution < 1.29 is 19.9 Å². The third kappa shape index (κ3) is 4.03. The number of nitro benzene ring substituents is 1. The van der Waals surface area contributed by atoms with E-state index in [9.17, 15) is 25.1 Å². The van der Waals surface area contributed by atoms with E-state index in [1.165, 1.54) is 19.1 Å². The van der Waals surface area contributed by atoms with Crippen LogP contribution >= 0.6 is 11.8 Å². The average Bonchev–Trinajstić information content (AvgIpc) is 2.42. The number of benzene rings is 1. The van der Waals surface area contributed by atoms with Gasteiger partial charge in [-0.2, -0.15) is 5.26 Å². The van der Waals surface area contributed by atoms with Gasteiger partial charge in [-0.05, 0) is 11.6 Å². The van der Waals surface area contributed by atoms with E-state index in [0.717, 1.165) is 17.8 Å². The molecule has 0 amide bonds. The van der Waals surface area contributed by atoms with Crippen molar-refractivity contribution in [3.63, 3.8) is 0 Å². The van der Waals surface area contributed by atoms with E-state index in [-0.39, 0.29) is 22.0 Å². The van der Waals surface area contributed by atoms with Crippen LogP contribution in [0.3, 0.4) is 0 Å². The molecule has 8 heteroatoms. The summed E-state index contributed by atoms with van der Waals surface area (Å²) in [5.41, 5.74) is -0.443. The summed E-state index contributed by atoms with van der Waals surface area (Å²) in [5, 5.41) is 38.9. The largest absolute Gasteiger partial charge is 0.389 e. The fourth-order valence-corrected chi connectivity index (χ4v) is 2.08. The Balaban J connectivity index is 2.96. The SMILES string of the molecule is CC(=O)SCC(O)C(O)c1ccc(C#N)c([N+](=O)[O-])c1. The molecule has 2 N–H and O–H groups in total. The monoisotopic (exact) mass is 296 g/mol. The van der Waals surface area contributed by atoms with E-state index in [1.807, 2.05) is 0 Å². The lowest BCUT2D eigenvalue weighted by atomic mass is 10.0. The van der Waals surface area contributed by atoms with Crippen molar-refractivity contribution >= 4 is 22.6 Å². The zero-order valence-corrected chi connectivity index (χ0v) is 11.3. The molecule has 0 fully saturated rings. The molecule has 2 unspecified atom stereocenters. The number of aliphatic hydroxyl groups excluding tert-OH is 2. The average molecular weight is 296 g/mol. The van der Waals surface area contributed by atoms with Crippen molar-refractivity contribution in [1.82, 2.24) is 0 Å². The van der Waals surface area contributed by atoms with Crippen LogP contribution in [0.1, 0.15) is 24.2 Å². The number of carbonyl (C=O) groups is 1. The molecule has 106 valence electrons. The summed E-state index contributed by atoms with van der Waals surface area (Å²) in [7, 11) is 0. The van der Waals surface area contributed by atoms with Gasteiger partial charge in [0.15, 0.2) is 5.12 Å². The predicted octanol–water partition coefficient (Wildman–Crippen LogP) is 1.14. The minimum Gasteiger partial charge on any atom is -0.389 e. The lowest BCUT2D eigenvalue weighted by molar-refractivity contribution is -0.385. The van der Waals surface area contributed by atoms with Crippen molar-refractivity contribution in [3.8, 4) is 6.07 Å². The van der Waals surface area contributed by atoms with Crippen LogP contribution in [0.25, 0.3) is 0 Å². The van der Waals surface area contributed by atoms with Crippen molar-refractivity contribution in [2.75, 3.05) is 5.75 Å². The summed E-state index contributed by atoms with van der Waals surface area (Å²) in [5.74, 6) is -0.0235. The molecule has 0 aromatic heterocycles. The zero-order valence-electron chi connectivity index (χ0n) is 10.5. The standard InChI is InChI=1S/C12H12N2O5S/c1-7(15)20-6-11(16)12(17)8-2-3-9(5-13)10(4-8)14(18)19/h2-4,11-12,16-17H,6H2,1H3. The van der Waals surface area contributed by atoms with Gasteiger partial charge in [0.1, 0.15) is 17.7 Å². The van der Waals surface area contributed by atoms with Crippen molar-refractivity contribution in [1.29, 1.82) is 5.26 Å². The summed E-state index contributed by atoms with van der Waals surface area (Å²) in [6.07, 6.45) is -2.61. The number of aliphatic hydroxyl groups is 2. The molecular formula is C12H12N2O5S. The normalized spacial score (nSPS) is 13.3. The number of nitrogens with zero attached hydrogens (tertiary/aromatic N) is 2. The van der Waals surface area contributed by atoms with Crippen LogP contribution in [-0.4, -0.2) is 32.1 Å². The number of thioether (sulfide) groups is 1. The topological polar surface area (TPSA) is 124 Å². The number of carbonyl (C=O) groups excluding carboxylic acids is 1. The fourth-order valence-electron chi connectivity index (χ4n) is 1.49. The van der Waals surface area contributed by atoms with E-state index in [2.05, 4.69) is 0 Å². The zero-order chi connectivity index (χ0) is 15.3. The van der Waals surface area contributed by atoms with Crippen LogP contribution in [0, 0.1) is 21.4 Å². The van der Waals surface area contributed by atoms with Crippen molar-refractivity contribution in [3.05, 3.63) is 39.4 Å². The van der Waals surface area contributed by atoms with Crippen LogP contribution < -0.4 is 0 Å². The highest BCUT2D eigenvalue weighted by Gasteiger charge is 2.23. The first-order valence-corrected chi connectivity index (χ1v) is 6.53. The maximum absolute atomic E-state index is 10.8. The summed E-state index contributed by atoms with van der Waals surface area (Å²) >= 11 is 0.845. The Labute approximate surface area is 119 Å². The molecule has 0 heterocycles. The van der Waals surface area contributed by atoms with E-state index in [1.54, 1.807) is 6.07 Å². The quantitative estimate of drug-likeness (QED) is 0.616. The Bertz CT molecular complexity index is 569. The Hall–Kier alpha value is -1.95. The molecular weight excluding hydrogens is 284 g/mol. The van der Waals surface area contributed by atoms with Gasteiger partial charge in [0.05, 0.1) is 11.0 Å². The van der Waals surface area contributed by atoms with E-state index in [4.69, 9.17) is 5.26 Å². The minimum absolute atomic E-state index is 0.0235. The summed E-state index contributed by atoms with van der Waals surface area (Å²) in [4.78, 5) is 20.9. The Morgan fingerprint density at radius 3 is 2.70 bits per heavy atom. The molecule has 0 saturated carbocycles. The van der Waals surface area contributed by atoms with Crippen LogP contribution in [0.15, 0.2) is 18.2 Å². The van der Waals surface area contributed by atoms with Gasteiger partial charge in [0.2, 0.25) is 0 Å². The van der Waals surface area contributed by atoms with Crippen LogP contribution in [0.2, 0.25) is 0 Å². The predicted molar refractivity (Wildman–Crippen MR) is 71.9 cm³/mol. The molecule has 1 aromatic carbocycles. The molecule has 0 aliphatic carbocycles. The van der Waals surface area contributed by atoms with Crippen LogP contribution in [-0.2, 0) is 4.79 Å². The highest BCUT2D eigenvalue weighted by molar-refractivity contribution is 8.13. The number of hydrogen-bond donors (Lipinski definition) is 2. The third-order valence-corrected chi connectivity index (χ3v) is 3.42. The lowest BCUT2D eigenvalue weighted by Crippen LogP contribution is -2.21. The Kier molecular flexibility index (Phi) is 5.64. The summed E-state index contributed by atoms with van der Waals surface area (Å²) in [6.45, 7) is 1.33. The maximum atomic E-state index is 10.8. The molecule has 20 heavy (non-hydrogen) atoms. The van der Waals surface area contributed by atoms with Crippen LogP contribution in [0.5, 0.6) is 0 Å². The molecule has 0 aliphatic heterocycles. The first kappa shape index (κ1) is 16.1. The second-order valence-corrected chi connectivity index (χ2v) is 5.16. The van der Waals surface area contributed by atoms with Gasteiger partial charge in [0, 0.05) is 18.7 Å². The third-order valence-electron chi connectivity index (χ3n) is 2.50. The summed E-state index contributed by atoms with van der Waals surface area (Å²) in [6, 6.07) is 5.27. The van der Waals surface area contributed by atoms with Gasteiger partial charge in [-0.3, -0.25) is 14.9 Å². The van der Waals surface area contributed by atoms with Gasteiger partial charge < -0.3 is 10.2 Å². The first-order valence-electron chi connectivity index (χ1n) is 5.54.